The molecule has 4 N–H and O–H groups in total. The van der Waals surface area contributed by atoms with E-state index in [1.54, 1.807) is 22.5 Å². The van der Waals surface area contributed by atoms with E-state index < -0.39 is 40.8 Å². The first-order chi connectivity index (χ1) is 19.0. The summed E-state index contributed by atoms with van der Waals surface area (Å²) in [6.07, 6.45) is 3.60. The van der Waals surface area contributed by atoms with Crippen molar-refractivity contribution in [3.05, 3.63) is 46.3 Å². The second-order valence-corrected chi connectivity index (χ2v) is 12.1. The van der Waals surface area contributed by atoms with E-state index in [1.807, 2.05) is 6.07 Å². The van der Waals surface area contributed by atoms with Gasteiger partial charge >= 0.3 is 5.97 Å². The number of thiazole rings is 2. The van der Waals surface area contributed by atoms with Crippen molar-refractivity contribution < 1.29 is 38.8 Å². The van der Waals surface area contributed by atoms with Crippen LogP contribution in [0.3, 0.4) is 0 Å². The van der Waals surface area contributed by atoms with Crippen molar-refractivity contribution in [2.45, 2.75) is 37.4 Å². The first kappa shape index (κ1) is 27.5. The average Bonchev–Trinajstić information content (AvgIpc) is 3.55. The summed E-state index contributed by atoms with van der Waals surface area (Å²) in [5.41, 5.74) is 6.27. The topological polar surface area (TPSA) is 204 Å². The van der Waals surface area contributed by atoms with Crippen LogP contribution in [-0.2, 0) is 30.6 Å². The quantitative estimate of drug-likeness (QED) is 0.121. The van der Waals surface area contributed by atoms with E-state index in [0.29, 0.717) is 5.57 Å². The number of anilines is 1. The molecule has 208 valence electrons. The van der Waals surface area contributed by atoms with Crippen molar-refractivity contribution in [3.8, 4) is 0 Å². The molecule has 40 heavy (non-hydrogen) atoms. The predicted octanol–water partition coefficient (Wildman–Crippen LogP) is -0.689. The monoisotopic (exact) mass is 603 g/mol. The Bertz CT molecular complexity index is 1610. The zero-order chi connectivity index (χ0) is 28.8. The molecule has 1 unspecified atom stereocenters. The van der Waals surface area contributed by atoms with Crippen molar-refractivity contribution in [1.29, 1.82) is 0 Å². The van der Waals surface area contributed by atoms with E-state index in [9.17, 15) is 29.4 Å². The molecule has 0 aliphatic carbocycles. The Kier molecular flexibility index (Phi) is 7.19. The Morgan fingerprint density at radius 3 is 2.83 bits per heavy atom. The molecule has 17 heteroatoms. The zero-order valence-corrected chi connectivity index (χ0v) is 23.3. The van der Waals surface area contributed by atoms with Gasteiger partial charge in [0.05, 0.1) is 21.9 Å². The lowest BCUT2D eigenvalue weighted by molar-refractivity contribution is -0.687. The van der Waals surface area contributed by atoms with Crippen LogP contribution in [0, 0.1) is 0 Å². The summed E-state index contributed by atoms with van der Waals surface area (Å²) in [7, 11) is 0. The minimum Gasteiger partial charge on any atom is -0.543 e. The van der Waals surface area contributed by atoms with Crippen molar-refractivity contribution in [2.75, 3.05) is 11.5 Å². The highest BCUT2D eigenvalue weighted by Crippen LogP contribution is 2.40. The third kappa shape index (κ3) is 5.09. The van der Waals surface area contributed by atoms with Crippen molar-refractivity contribution in [1.82, 2.24) is 20.2 Å². The molecule has 0 radical (unpaired) electrons. The number of thioether (sulfide) groups is 1. The number of oxime groups is 1. The Morgan fingerprint density at radius 1 is 1.38 bits per heavy atom. The van der Waals surface area contributed by atoms with Gasteiger partial charge in [0.2, 0.25) is 5.60 Å². The Labute approximate surface area is 238 Å². The third-order valence-electron chi connectivity index (χ3n) is 6.09. The number of amides is 2. The summed E-state index contributed by atoms with van der Waals surface area (Å²) in [5, 5.41) is 28.6. The molecule has 14 nitrogen and oxygen atoms in total. The minimum atomic E-state index is -1.76. The van der Waals surface area contributed by atoms with Gasteiger partial charge in [0.25, 0.3) is 11.8 Å². The highest BCUT2D eigenvalue weighted by molar-refractivity contribution is 8.00. The summed E-state index contributed by atoms with van der Waals surface area (Å²) in [6.45, 7) is 2.69. The first-order valence-corrected chi connectivity index (χ1v) is 14.4. The first-order valence-electron chi connectivity index (χ1n) is 11.6. The van der Waals surface area contributed by atoms with E-state index >= 15 is 0 Å². The van der Waals surface area contributed by atoms with Gasteiger partial charge in [-0.1, -0.05) is 5.16 Å². The molecule has 0 aromatic carbocycles. The van der Waals surface area contributed by atoms with Crippen LogP contribution in [0.2, 0.25) is 0 Å². The number of carbonyl (C=O) groups excluding carboxylic acids is 3. The normalized spacial score (nSPS) is 19.3. The number of aliphatic carboxylic acids is 2. The number of fused-ring (bicyclic) bond motifs is 2. The van der Waals surface area contributed by atoms with Gasteiger partial charge in [-0.25, -0.2) is 14.8 Å². The Balaban J connectivity index is 1.36. The predicted molar refractivity (Wildman–Crippen MR) is 143 cm³/mol. The van der Waals surface area contributed by atoms with Crippen LogP contribution in [0.15, 0.2) is 45.8 Å². The Hall–Kier alpha value is -4.09. The van der Waals surface area contributed by atoms with E-state index in [0.717, 1.165) is 26.5 Å². The van der Waals surface area contributed by atoms with Gasteiger partial charge in [-0.05, 0) is 13.8 Å². The molecule has 0 bridgehead atoms. The fourth-order valence-electron chi connectivity index (χ4n) is 3.97. The second kappa shape index (κ2) is 10.5. The van der Waals surface area contributed by atoms with E-state index in [4.69, 9.17) is 10.6 Å². The molecule has 3 aromatic heterocycles. The number of nitrogen functional groups attached to an aromatic ring is 1. The lowest BCUT2D eigenvalue weighted by Crippen LogP contribution is -2.71. The van der Waals surface area contributed by atoms with Gasteiger partial charge in [-0.2, -0.15) is 4.57 Å². The van der Waals surface area contributed by atoms with Gasteiger partial charge in [-0.3, -0.25) is 14.5 Å². The van der Waals surface area contributed by atoms with E-state index in [1.165, 1.54) is 42.3 Å². The molecule has 1 fully saturated rings. The molecule has 5 heterocycles. The number of pyridine rings is 1. The number of carbonyl (C=O) groups is 4. The number of rotatable bonds is 9. The Morgan fingerprint density at radius 2 is 2.15 bits per heavy atom. The van der Waals surface area contributed by atoms with Crippen LogP contribution >= 0.6 is 34.4 Å². The molecule has 2 aliphatic heterocycles. The second-order valence-electron chi connectivity index (χ2n) is 9.24. The van der Waals surface area contributed by atoms with E-state index in [-0.39, 0.29) is 34.5 Å². The lowest BCUT2D eigenvalue weighted by atomic mass is 10.0. The van der Waals surface area contributed by atoms with Crippen LogP contribution in [0.5, 0.6) is 0 Å². The van der Waals surface area contributed by atoms with Crippen LogP contribution in [0.1, 0.15) is 19.5 Å². The van der Waals surface area contributed by atoms with Crippen molar-refractivity contribution >= 4 is 79.2 Å². The number of hydrogen-bond acceptors (Lipinski definition) is 13. The van der Waals surface area contributed by atoms with Crippen LogP contribution in [0.25, 0.3) is 10.2 Å². The molecule has 5 rings (SSSR count). The third-order valence-corrected chi connectivity index (χ3v) is 8.91. The van der Waals surface area contributed by atoms with Crippen molar-refractivity contribution in [3.63, 3.8) is 0 Å². The number of carboxylic acid groups (broad SMARTS) is 2. The average molecular weight is 604 g/mol. The summed E-state index contributed by atoms with van der Waals surface area (Å²) in [6, 6.07) is 0.794. The van der Waals surface area contributed by atoms with Crippen LogP contribution in [-0.4, -0.2) is 72.2 Å². The number of carboxylic acids is 2. The van der Waals surface area contributed by atoms with Gasteiger partial charge < -0.3 is 30.9 Å². The number of nitrogens with zero attached hydrogens (tertiary/aromatic N) is 5. The minimum absolute atomic E-state index is 0.0211. The summed E-state index contributed by atoms with van der Waals surface area (Å²) < 4.78 is 2.77. The summed E-state index contributed by atoms with van der Waals surface area (Å²) in [4.78, 5) is 64.3. The van der Waals surface area contributed by atoms with Crippen LogP contribution < -0.4 is 20.7 Å². The van der Waals surface area contributed by atoms with E-state index in [2.05, 4.69) is 20.4 Å². The molecular weight excluding hydrogens is 582 g/mol. The zero-order valence-electron chi connectivity index (χ0n) is 20.9. The molecule has 0 spiro atoms. The van der Waals surface area contributed by atoms with Crippen LogP contribution in [0.4, 0.5) is 5.13 Å². The molecule has 0 saturated carbocycles. The highest BCUT2D eigenvalue weighted by atomic mass is 32.2. The maximum Gasteiger partial charge on any atom is 0.350 e. The number of aromatic nitrogens is 3. The molecule has 1 saturated heterocycles. The molecule has 3 aromatic rings. The molecule has 2 amide bonds. The smallest absolute Gasteiger partial charge is 0.350 e. The number of nitrogens with one attached hydrogen (secondary N) is 1. The summed E-state index contributed by atoms with van der Waals surface area (Å²) >= 11 is 3.80. The SMILES string of the molecule is CC(C)(ON=C(C(=O)NC1C(=O)N2C(C(=O)[O-])=C(C[n+]3ccc4scnc4c3)CS[C@@H]12)c1csc(N)n1)C(=O)O. The number of nitrogens with two attached hydrogens (primary N) is 1. The fourth-order valence-corrected chi connectivity index (χ4v) is 6.50. The van der Waals surface area contributed by atoms with Gasteiger partial charge in [0.1, 0.15) is 22.6 Å². The van der Waals surface area contributed by atoms with Gasteiger partial charge in [0, 0.05) is 22.8 Å². The largest absolute Gasteiger partial charge is 0.543 e. The maximum atomic E-state index is 13.2. The molecule has 2 atom stereocenters. The standard InChI is InChI=1S/C23H21N7O7S3/c1-23(2,21(35)36)37-28-14(12-8-39-22(24)26-12)17(31)27-15-18(32)30-16(20(33)34)10(7-38-19(15)30)5-29-4-3-13-11(6-29)25-9-40-13/h3-4,6,8-9,15,19H,5,7H2,1-2H3,(H4-,24,26,27,31,33,34,35,36)/t15?,19-/m0/s1. The number of β-lactam (4-membered cyclic amide) rings is 1. The number of hydrogen-bond donors (Lipinski definition) is 3. The van der Waals surface area contributed by atoms with Gasteiger partial charge in [-0.15, -0.1) is 34.4 Å². The lowest BCUT2D eigenvalue weighted by Gasteiger charge is -2.50. The molecular formula is C23H21N7O7S3. The highest BCUT2D eigenvalue weighted by Gasteiger charge is 2.53. The fraction of sp³-hybridized carbons (Fsp3) is 0.304. The van der Waals surface area contributed by atoms with Crippen molar-refractivity contribution in [2.24, 2.45) is 5.16 Å². The maximum absolute atomic E-state index is 13.2. The van der Waals surface area contributed by atoms with Gasteiger partial charge in [0.15, 0.2) is 29.8 Å². The molecule has 2 aliphatic rings. The summed E-state index contributed by atoms with van der Waals surface area (Å²) in [5.74, 6) is -4.07.